The van der Waals surface area contributed by atoms with Gasteiger partial charge in [0.15, 0.2) is 23.1 Å². The summed E-state index contributed by atoms with van der Waals surface area (Å²) in [6.07, 6.45) is 5.23. The molecule has 1 aromatic carbocycles. The molecule has 176 valence electrons. The van der Waals surface area contributed by atoms with Crippen LogP contribution in [0.1, 0.15) is 31.9 Å². The number of halogens is 3. The first kappa shape index (κ1) is 22.7. The van der Waals surface area contributed by atoms with Crippen molar-refractivity contribution in [3.05, 3.63) is 58.2 Å². The Morgan fingerprint density at radius 3 is 2.53 bits per heavy atom. The lowest BCUT2D eigenvalue weighted by molar-refractivity contribution is 0.216. The number of benzene rings is 1. The molecule has 0 saturated carbocycles. The maximum absolute atomic E-state index is 14.9. The Hall–Kier alpha value is -3.10. The van der Waals surface area contributed by atoms with Crippen molar-refractivity contribution in [2.45, 2.75) is 32.4 Å². The molecular weight excluding hydrogens is 480 g/mol. The third-order valence-corrected chi connectivity index (χ3v) is 6.74. The summed E-state index contributed by atoms with van der Waals surface area (Å²) in [4.78, 5) is 10.3. The van der Waals surface area contributed by atoms with Crippen LogP contribution < -0.4 is 14.4 Å². The number of aromatic nitrogens is 4. The molecule has 34 heavy (non-hydrogen) atoms. The van der Waals surface area contributed by atoms with Crippen LogP contribution in [-0.4, -0.2) is 39.9 Å². The molecule has 0 spiro atoms. The third-order valence-electron chi connectivity index (χ3n) is 6.13. The maximum Gasteiger partial charge on any atom is 0.166 e. The molecular formula is C24H22Cl2FN5O2. The van der Waals surface area contributed by atoms with Crippen LogP contribution in [-0.2, 0) is 0 Å². The fourth-order valence-corrected chi connectivity index (χ4v) is 4.83. The summed E-state index contributed by atoms with van der Waals surface area (Å²) in [5, 5.41) is 8.93. The monoisotopic (exact) mass is 501 g/mol. The molecule has 1 N–H and O–H groups in total. The van der Waals surface area contributed by atoms with E-state index in [2.05, 4.69) is 27.1 Å². The van der Waals surface area contributed by atoms with Gasteiger partial charge in [0.1, 0.15) is 11.8 Å². The number of rotatable bonds is 6. The molecule has 0 bridgehead atoms. The average Bonchev–Trinajstić information content (AvgIpc) is 3.21. The molecule has 10 heteroatoms. The van der Waals surface area contributed by atoms with Crippen LogP contribution in [0, 0.1) is 5.82 Å². The molecule has 7 nitrogen and oxygen atoms in total. The SMILES string of the molecule is COc1cc2[nH]nc(-c3cnc(N4CC[C@@H]4C)c(F)c3)c2cc1O[C@H](C)c1c(Cl)cncc1Cl. The highest BCUT2D eigenvalue weighted by Crippen LogP contribution is 2.40. The summed E-state index contributed by atoms with van der Waals surface area (Å²) < 4.78 is 26.6. The number of nitrogens with one attached hydrogen (secondary N) is 1. The first-order valence-corrected chi connectivity index (χ1v) is 11.6. The first-order valence-electron chi connectivity index (χ1n) is 10.8. The average molecular weight is 502 g/mol. The quantitative estimate of drug-likeness (QED) is 0.338. The fourth-order valence-electron chi connectivity index (χ4n) is 4.16. The van der Waals surface area contributed by atoms with Crippen LogP contribution in [0.5, 0.6) is 11.5 Å². The Kier molecular flexibility index (Phi) is 5.95. The first-order chi connectivity index (χ1) is 16.4. The number of aromatic amines is 1. The molecule has 1 aliphatic heterocycles. The molecule has 1 saturated heterocycles. The van der Waals surface area contributed by atoms with E-state index >= 15 is 0 Å². The molecule has 0 amide bonds. The summed E-state index contributed by atoms with van der Waals surface area (Å²) in [6, 6.07) is 5.34. The highest BCUT2D eigenvalue weighted by molar-refractivity contribution is 6.35. The molecule has 0 radical (unpaired) electrons. The van der Waals surface area contributed by atoms with Gasteiger partial charge in [-0.05, 0) is 32.4 Å². The zero-order valence-electron chi connectivity index (χ0n) is 18.8. The van der Waals surface area contributed by atoms with E-state index in [1.807, 2.05) is 11.8 Å². The second-order valence-electron chi connectivity index (χ2n) is 8.26. The highest BCUT2D eigenvalue weighted by atomic mass is 35.5. The fraction of sp³-hybridized carbons (Fsp3) is 0.292. The van der Waals surface area contributed by atoms with Crippen molar-refractivity contribution in [3.63, 3.8) is 0 Å². The highest BCUT2D eigenvalue weighted by Gasteiger charge is 2.28. The van der Waals surface area contributed by atoms with E-state index in [-0.39, 0.29) is 11.9 Å². The molecule has 4 aromatic rings. The topological polar surface area (TPSA) is 76.2 Å². The number of nitrogens with zero attached hydrogens (tertiary/aromatic N) is 4. The zero-order chi connectivity index (χ0) is 24.0. The van der Waals surface area contributed by atoms with Gasteiger partial charge in [-0.25, -0.2) is 9.37 Å². The Balaban J connectivity index is 1.52. The number of fused-ring (bicyclic) bond motifs is 1. The summed E-state index contributed by atoms with van der Waals surface area (Å²) in [6.45, 7) is 4.70. The largest absolute Gasteiger partial charge is 0.493 e. The predicted octanol–water partition coefficient (Wildman–Crippen LogP) is 6.21. The van der Waals surface area contributed by atoms with Crippen molar-refractivity contribution in [3.8, 4) is 22.8 Å². The predicted molar refractivity (Wildman–Crippen MR) is 131 cm³/mol. The maximum atomic E-state index is 14.9. The van der Waals surface area contributed by atoms with Gasteiger partial charge in [-0.3, -0.25) is 10.1 Å². The van der Waals surface area contributed by atoms with E-state index in [0.717, 1.165) is 18.4 Å². The molecule has 1 aliphatic rings. The Labute approximate surface area is 205 Å². The van der Waals surface area contributed by atoms with Crippen molar-refractivity contribution in [1.29, 1.82) is 0 Å². The van der Waals surface area contributed by atoms with E-state index in [9.17, 15) is 4.39 Å². The minimum atomic E-state index is -0.485. The van der Waals surface area contributed by atoms with Crippen molar-refractivity contribution < 1.29 is 13.9 Å². The summed E-state index contributed by atoms with van der Waals surface area (Å²) in [5.41, 5.74) is 2.46. The van der Waals surface area contributed by atoms with E-state index in [4.69, 9.17) is 32.7 Å². The van der Waals surface area contributed by atoms with Gasteiger partial charge in [0.2, 0.25) is 0 Å². The van der Waals surface area contributed by atoms with E-state index in [0.29, 0.717) is 49.7 Å². The van der Waals surface area contributed by atoms with Crippen LogP contribution in [0.2, 0.25) is 10.0 Å². The Bertz CT molecular complexity index is 1360. The number of hydrogen-bond acceptors (Lipinski definition) is 6. The number of methoxy groups -OCH3 is 1. The van der Waals surface area contributed by atoms with Crippen LogP contribution >= 0.6 is 23.2 Å². The summed E-state index contributed by atoms with van der Waals surface area (Å²) in [5.74, 6) is 0.963. The normalized spacial score (nSPS) is 16.4. The van der Waals surface area contributed by atoms with Crippen LogP contribution in [0.15, 0.2) is 36.8 Å². The molecule has 2 atom stereocenters. The molecule has 5 rings (SSSR count). The lowest BCUT2D eigenvalue weighted by Crippen LogP contribution is -2.46. The lowest BCUT2D eigenvalue weighted by Gasteiger charge is -2.39. The van der Waals surface area contributed by atoms with Gasteiger partial charge < -0.3 is 14.4 Å². The van der Waals surface area contributed by atoms with Crippen molar-refractivity contribution >= 4 is 39.9 Å². The van der Waals surface area contributed by atoms with Gasteiger partial charge in [0.05, 0.1) is 22.7 Å². The Morgan fingerprint density at radius 2 is 1.91 bits per heavy atom. The Morgan fingerprint density at radius 1 is 1.15 bits per heavy atom. The second-order valence-corrected chi connectivity index (χ2v) is 9.07. The van der Waals surface area contributed by atoms with Crippen LogP contribution in [0.3, 0.4) is 0 Å². The summed E-state index contributed by atoms with van der Waals surface area (Å²) >= 11 is 12.6. The number of anilines is 1. The molecule has 1 fully saturated rings. The van der Waals surface area contributed by atoms with E-state index in [1.54, 1.807) is 25.4 Å². The number of H-pyrrole nitrogens is 1. The number of hydrogen-bond donors (Lipinski definition) is 1. The van der Waals surface area contributed by atoms with E-state index < -0.39 is 6.10 Å². The minimum Gasteiger partial charge on any atom is -0.493 e. The van der Waals surface area contributed by atoms with Crippen molar-refractivity contribution in [2.24, 2.45) is 0 Å². The smallest absolute Gasteiger partial charge is 0.166 e. The molecule has 4 heterocycles. The van der Waals surface area contributed by atoms with Crippen LogP contribution in [0.25, 0.3) is 22.2 Å². The van der Waals surface area contributed by atoms with Crippen molar-refractivity contribution in [2.75, 3.05) is 18.6 Å². The molecule has 0 aliphatic carbocycles. The number of pyridine rings is 2. The van der Waals surface area contributed by atoms with Gasteiger partial charge in [0, 0.05) is 53.8 Å². The minimum absolute atomic E-state index is 0.288. The van der Waals surface area contributed by atoms with Gasteiger partial charge in [0.25, 0.3) is 0 Å². The zero-order valence-corrected chi connectivity index (χ0v) is 20.3. The standard InChI is InChI=1S/C24H22Cl2FN5O2/c1-12-4-5-32(12)24-18(27)6-14(9-29-24)23-15-7-21(20(33-3)8-19(15)30-31-23)34-13(2)22-16(25)10-28-11-17(22)26/h6-13H,4-5H2,1-3H3,(H,30,31)/t12-,13+/m0/s1. The number of ether oxygens (including phenoxy) is 2. The van der Waals surface area contributed by atoms with Gasteiger partial charge in [-0.1, -0.05) is 23.2 Å². The van der Waals surface area contributed by atoms with Gasteiger partial charge in [-0.15, -0.1) is 0 Å². The third kappa shape index (κ3) is 3.91. The second kappa shape index (κ2) is 8.92. The van der Waals surface area contributed by atoms with Crippen molar-refractivity contribution in [1.82, 2.24) is 20.2 Å². The molecule has 0 unspecified atom stereocenters. The van der Waals surface area contributed by atoms with Gasteiger partial charge >= 0.3 is 0 Å². The van der Waals surface area contributed by atoms with Crippen LogP contribution in [0.4, 0.5) is 10.2 Å². The molecule has 3 aromatic heterocycles. The lowest BCUT2D eigenvalue weighted by atomic mass is 10.0. The summed E-state index contributed by atoms with van der Waals surface area (Å²) in [7, 11) is 1.55. The van der Waals surface area contributed by atoms with Gasteiger partial charge in [-0.2, -0.15) is 5.10 Å². The van der Waals surface area contributed by atoms with E-state index in [1.165, 1.54) is 18.5 Å².